The number of fused-ring (bicyclic) bond motifs is 1. The van der Waals surface area contributed by atoms with Crippen LogP contribution in [0.15, 0.2) is 54.6 Å². The Bertz CT molecular complexity index is 859. The molecule has 0 aliphatic rings. The van der Waals surface area contributed by atoms with E-state index in [2.05, 4.69) is 37.3 Å². The Labute approximate surface area is 123 Å². The van der Waals surface area contributed by atoms with Crippen LogP contribution in [-0.2, 0) is 6.61 Å². The lowest BCUT2D eigenvalue weighted by Crippen LogP contribution is -1.93. The Balaban J connectivity index is 2.40. The van der Waals surface area contributed by atoms with Gasteiger partial charge in [0.15, 0.2) is 0 Å². The molecule has 3 aromatic rings. The summed E-state index contributed by atoms with van der Waals surface area (Å²) < 4.78 is 0. The molecule has 0 aliphatic heterocycles. The third-order valence-electron chi connectivity index (χ3n) is 3.79. The Kier molecular flexibility index (Phi) is 3.43. The first-order valence-corrected chi connectivity index (χ1v) is 6.87. The van der Waals surface area contributed by atoms with Gasteiger partial charge in [0.2, 0.25) is 0 Å². The van der Waals surface area contributed by atoms with Gasteiger partial charge in [0.1, 0.15) is 0 Å². The highest BCUT2D eigenvalue weighted by atomic mass is 16.3. The van der Waals surface area contributed by atoms with Crippen LogP contribution in [0.4, 0.5) is 0 Å². The molecule has 0 spiro atoms. The van der Waals surface area contributed by atoms with Crippen molar-refractivity contribution >= 4 is 10.8 Å². The number of nitriles is 1. The number of nitrogens with zero attached hydrogens (tertiary/aromatic N) is 1. The van der Waals surface area contributed by atoms with Gasteiger partial charge in [-0.3, -0.25) is 0 Å². The van der Waals surface area contributed by atoms with E-state index in [4.69, 9.17) is 0 Å². The minimum absolute atomic E-state index is 0.0253. The maximum absolute atomic E-state index is 9.39. The summed E-state index contributed by atoms with van der Waals surface area (Å²) in [6.07, 6.45) is 0. The molecule has 3 rings (SSSR count). The van der Waals surface area contributed by atoms with Gasteiger partial charge in [-0.1, -0.05) is 42.5 Å². The molecule has 0 fully saturated rings. The number of aliphatic hydroxyl groups is 1. The van der Waals surface area contributed by atoms with Crippen molar-refractivity contribution in [2.75, 3.05) is 0 Å². The molecule has 0 saturated carbocycles. The van der Waals surface area contributed by atoms with Gasteiger partial charge in [-0.25, -0.2) is 0 Å². The molecule has 0 aliphatic carbocycles. The Morgan fingerprint density at radius 2 is 1.86 bits per heavy atom. The predicted octanol–water partition coefficient (Wildman–Crippen LogP) is 4.18. The second-order valence-corrected chi connectivity index (χ2v) is 5.13. The quantitative estimate of drug-likeness (QED) is 0.761. The number of aryl methyl sites for hydroxylation is 1. The van der Waals surface area contributed by atoms with Crippen LogP contribution in [0, 0.1) is 18.3 Å². The monoisotopic (exact) mass is 273 g/mol. The van der Waals surface area contributed by atoms with Gasteiger partial charge in [-0.15, -0.1) is 0 Å². The van der Waals surface area contributed by atoms with E-state index >= 15 is 0 Å². The van der Waals surface area contributed by atoms with E-state index in [0.29, 0.717) is 5.56 Å². The fourth-order valence-corrected chi connectivity index (χ4v) is 2.73. The highest BCUT2D eigenvalue weighted by molar-refractivity contribution is 5.99. The number of aliphatic hydroxyl groups excluding tert-OH is 1. The highest BCUT2D eigenvalue weighted by Crippen LogP contribution is 2.34. The van der Waals surface area contributed by atoms with Crippen molar-refractivity contribution in [3.63, 3.8) is 0 Å². The van der Waals surface area contributed by atoms with E-state index in [1.807, 2.05) is 18.2 Å². The molecule has 0 atom stereocenters. The lowest BCUT2D eigenvalue weighted by atomic mass is 9.90. The van der Waals surface area contributed by atoms with E-state index in [9.17, 15) is 10.4 Å². The maximum Gasteiger partial charge on any atom is 0.0998 e. The number of hydrogen-bond donors (Lipinski definition) is 1. The first kappa shape index (κ1) is 13.4. The number of benzene rings is 3. The van der Waals surface area contributed by atoms with Crippen molar-refractivity contribution in [2.45, 2.75) is 13.5 Å². The summed E-state index contributed by atoms with van der Waals surface area (Å²) in [7, 11) is 0. The lowest BCUT2D eigenvalue weighted by Gasteiger charge is -2.13. The van der Waals surface area contributed by atoms with Crippen molar-refractivity contribution < 1.29 is 5.11 Å². The zero-order valence-electron chi connectivity index (χ0n) is 11.8. The van der Waals surface area contributed by atoms with Crippen LogP contribution in [0.2, 0.25) is 0 Å². The first-order valence-electron chi connectivity index (χ1n) is 6.87. The summed E-state index contributed by atoms with van der Waals surface area (Å²) in [5, 5.41) is 21.0. The van der Waals surface area contributed by atoms with E-state index in [-0.39, 0.29) is 6.61 Å². The van der Waals surface area contributed by atoms with Gasteiger partial charge in [0.05, 0.1) is 18.2 Å². The molecular weight excluding hydrogens is 258 g/mol. The van der Waals surface area contributed by atoms with Crippen molar-refractivity contribution in [2.24, 2.45) is 0 Å². The Morgan fingerprint density at radius 3 is 2.62 bits per heavy atom. The maximum atomic E-state index is 9.39. The summed E-state index contributed by atoms with van der Waals surface area (Å²) >= 11 is 0. The molecular formula is C19H15NO. The summed E-state index contributed by atoms with van der Waals surface area (Å²) in [5.41, 5.74) is 4.53. The highest BCUT2D eigenvalue weighted by Gasteiger charge is 2.12. The molecule has 0 amide bonds. The summed E-state index contributed by atoms with van der Waals surface area (Å²) in [6, 6.07) is 20.1. The number of rotatable bonds is 2. The van der Waals surface area contributed by atoms with E-state index in [0.717, 1.165) is 33.0 Å². The molecule has 0 radical (unpaired) electrons. The average Bonchev–Trinajstić information content (AvgIpc) is 2.54. The molecule has 0 aromatic heterocycles. The molecule has 21 heavy (non-hydrogen) atoms. The van der Waals surface area contributed by atoms with Gasteiger partial charge < -0.3 is 5.11 Å². The fourth-order valence-electron chi connectivity index (χ4n) is 2.73. The van der Waals surface area contributed by atoms with Crippen molar-refractivity contribution in [3.8, 4) is 17.2 Å². The molecule has 0 bridgehead atoms. The minimum atomic E-state index is -0.0253. The van der Waals surface area contributed by atoms with Crippen LogP contribution in [-0.4, -0.2) is 5.11 Å². The van der Waals surface area contributed by atoms with Crippen LogP contribution in [0.25, 0.3) is 21.9 Å². The largest absolute Gasteiger partial charge is 0.392 e. The van der Waals surface area contributed by atoms with E-state index < -0.39 is 0 Å². The van der Waals surface area contributed by atoms with Gasteiger partial charge >= 0.3 is 0 Å². The van der Waals surface area contributed by atoms with Crippen molar-refractivity contribution in [3.05, 3.63) is 71.3 Å². The molecule has 2 nitrogen and oxygen atoms in total. The topological polar surface area (TPSA) is 44.0 Å². The molecule has 102 valence electrons. The normalized spacial score (nSPS) is 10.5. The zero-order valence-corrected chi connectivity index (χ0v) is 11.8. The van der Waals surface area contributed by atoms with Crippen LogP contribution in [0.3, 0.4) is 0 Å². The molecule has 3 aromatic carbocycles. The first-order chi connectivity index (χ1) is 10.2. The standard InChI is InChI=1S/C19H15NO/c1-13-6-8-15-4-2-3-5-17(15)19(13)18-10-14(12-21)7-9-16(18)11-20/h2-10,21H,12H2,1H3. The van der Waals surface area contributed by atoms with Crippen LogP contribution < -0.4 is 0 Å². The summed E-state index contributed by atoms with van der Waals surface area (Å²) in [5.74, 6) is 0. The Hall–Kier alpha value is -2.63. The second kappa shape index (κ2) is 5.40. The summed E-state index contributed by atoms with van der Waals surface area (Å²) in [4.78, 5) is 0. The van der Waals surface area contributed by atoms with Crippen molar-refractivity contribution in [1.29, 1.82) is 5.26 Å². The van der Waals surface area contributed by atoms with Gasteiger partial charge in [0.25, 0.3) is 0 Å². The van der Waals surface area contributed by atoms with Crippen LogP contribution in [0.1, 0.15) is 16.7 Å². The third-order valence-corrected chi connectivity index (χ3v) is 3.79. The average molecular weight is 273 g/mol. The number of hydrogen-bond acceptors (Lipinski definition) is 2. The Morgan fingerprint density at radius 1 is 1.05 bits per heavy atom. The zero-order chi connectivity index (χ0) is 14.8. The van der Waals surface area contributed by atoms with Crippen LogP contribution >= 0.6 is 0 Å². The predicted molar refractivity (Wildman–Crippen MR) is 84.8 cm³/mol. The van der Waals surface area contributed by atoms with Gasteiger partial charge in [0, 0.05) is 5.56 Å². The molecule has 0 saturated heterocycles. The van der Waals surface area contributed by atoms with Crippen LogP contribution in [0.5, 0.6) is 0 Å². The fraction of sp³-hybridized carbons (Fsp3) is 0.105. The summed E-state index contributed by atoms with van der Waals surface area (Å²) in [6.45, 7) is 2.02. The molecule has 0 unspecified atom stereocenters. The third kappa shape index (κ3) is 2.29. The lowest BCUT2D eigenvalue weighted by molar-refractivity contribution is 0.282. The van der Waals surface area contributed by atoms with E-state index in [1.165, 1.54) is 0 Å². The van der Waals surface area contributed by atoms with E-state index in [1.54, 1.807) is 12.1 Å². The second-order valence-electron chi connectivity index (χ2n) is 5.13. The minimum Gasteiger partial charge on any atom is -0.392 e. The van der Waals surface area contributed by atoms with Gasteiger partial charge in [-0.2, -0.15) is 5.26 Å². The molecule has 0 heterocycles. The van der Waals surface area contributed by atoms with Crippen molar-refractivity contribution in [1.82, 2.24) is 0 Å². The van der Waals surface area contributed by atoms with Gasteiger partial charge in [-0.05, 0) is 46.5 Å². The molecule has 1 N–H and O–H groups in total. The SMILES string of the molecule is Cc1ccc2ccccc2c1-c1cc(CO)ccc1C#N. The molecule has 2 heteroatoms. The smallest absolute Gasteiger partial charge is 0.0998 e.